The molecule has 1 aromatic carbocycles. The number of hydrogen-bond acceptors (Lipinski definition) is 3. The first-order valence-corrected chi connectivity index (χ1v) is 9.15. The molecule has 2 heterocycles. The predicted molar refractivity (Wildman–Crippen MR) is 117 cm³/mol. The largest absolute Gasteiger partial charge is 0.377 e. The molecule has 27 heavy (non-hydrogen) atoms. The summed E-state index contributed by atoms with van der Waals surface area (Å²) in [6.07, 6.45) is 5.24. The number of H-pyrrole nitrogens is 1. The third kappa shape index (κ3) is 6.62. The van der Waals surface area contributed by atoms with E-state index in [0.29, 0.717) is 19.8 Å². The lowest BCUT2D eigenvalue weighted by Crippen LogP contribution is -2.40. The highest BCUT2D eigenvalue weighted by molar-refractivity contribution is 14.0. The number of fused-ring (bicyclic) bond motifs is 1. The Kier molecular flexibility index (Phi) is 9.29. The lowest BCUT2D eigenvalue weighted by Gasteiger charge is -2.13. The molecule has 0 radical (unpaired) electrons. The van der Waals surface area contributed by atoms with Crippen LogP contribution in [0.15, 0.2) is 29.4 Å². The monoisotopic (exact) mass is 490 g/mol. The fourth-order valence-corrected chi connectivity index (χ4v) is 3.13. The zero-order valence-electron chi connectivity index (χ0n) is 15.6. The summed E-state index contributed by atoms with van der Waals surface area (Å²) in [6, 6.07) is 4.82. The maximum Gasteiger partial charge on any atom is 0.191 e. The van der Waals surface area contributed by atoms with E-state index in [9.17, 15) is 4.39 Å². The molecule has 3 rings (SSSR count). The van der Waals surface area contributed by atoms with Gasteiger partial charge in [0.2, 0.25) is 0 Å². The SMILES string of the molecule is CN=C(NCCOCC1CCCO1)NCCc1c[nH]c2cc(F)ccc12.I. The van der Waals surface area contributed by atoms with Crippen LogP contribution in [-0.2, 0) is 15.9 Å². The van der Waals surface area contributed by atoms with Crippen molar-refractivity contribution in [1.82, 2.24) is 15.6 Å². The molecule has 150 valence electrons. The van der Waals surface area contributed by atoms with E-state index in [4.69, 9.17) is 9.47 Å². The van der Waals surface area contributed by atoms with Crippen LogP contribution >= 0.6 is 24.0 Å². The number of hydrogen-bond donors (Lipinski definition) is 3. The van der Waals surface area contributed by atoms with Crippen molar-refractivity contribution >= 4 is 40.8 Å². The summed E-state index contributed by atoms with van der Waals surface area (Å²) in [6.45, 7) is 3.57. The zero-order valence-corrected chi connectivity index (χ0v) is 17.9. The van der Waals surface area contributed by atoms with Gasteiger partial charge in [0, 0.05) is 43.8 Å². The standard InChI is InChI=1S/C19H27FN4O2.HI/c1-21-19(23-8-10-25-13-16-3-2-9-26-16)22-7-6-14-12-24-18-11-15(20)4-5-17(14)18;/h4-5,11-12,16,24H,2-3,6-10,13H2,1H3,(H2,21,22,23);1H. The summed E-state index contributed by atoms with van der Waals surface area (Å²) in [7, 11) is 1.75. The zero-order chi connectivity index (χ0) is 18.2. The van der Waals surface area contributed by atoms with E-state index < -0.39 is 0 Å². The minimum Gasteiger partial charge on any atom is -0.377 e. The average molecular weight is 490 g/mol. The lowest BCUT2D eigenvalue weighted by molar-refractivity contribution is 0.0191. The number of aliphatic imine (C=N–C) groups is 1. The van der Waals surface area contributed by atoms with Gasteiger partial charge in [-0.2, -0.15) is 0 Å². The van der Waals surface area contributed by atoms with Gasteiger partial charge in [-0.05, 0) is 43.0 Å². The van der Waals surface area contributed by atoms with Gasteiger partial charge < -0.3 is 25.1 Å². The molecule has 1 aliphatic rings. The van der Waals surface area contributed by atoms with Crippen molar-refractivity contribution in [3.63, 3.8) is 0 Å². The van der Waals surface area contributed by atoms with Gasteiger partial charge in [-0.1, -0.05) is 0 Å². The number of aromatic amines is 1. The second-order valence-electron chi connectivity index (χ2n) is 6.39. The molecule has 3 N–H and O–H groups in total. The summed E-state index contributed by atoms with van der Waals surface area (Å²) in [5, 5.41) is 7.58. The predicted octanol–water partition coefficient (Wildman–Crippen LogP) is 2.83. The highest BCUT2D eigenvalue weighted by atomic mass is 127. The van der Waals surface area contributed by atoms with Crippen LogP contribution in [0.2, 0.25) is 0 Å². The fourth-order valence-electron chi connectivity index (χ4n) is 3.13. The molecule has 1 fully saturated rings. The Labute approximate surface area is 176 Å². The number of benzene rings is 1. The van der Waals surface area contributed by atoms with Gasteiger partial charge in [0.1, 0.15) is 5.82 Å². The van der Waals surface area contributed by atoms with E-state index in [1.54, 1.807) is 7.05 Å². The first-order valence-electron chi connectivity index (χ1n) is 9.15. The van der Waals surface area contributed by atoms with Crippen molar-refractivity contribution in [2.45, 2.75) is 25.4 Å². The van der Waals surface area contributed by atoms with Crippen LogP contribution in [0.1, 0.15) is 18.4 Å². The molecular weight excluding hydrogens is 462 g/mol. The second-order valence-corrected chi connectivity index (χ2v) is 6.39. The summed E-state index contributed by atoms with van der Waals surface area (Å²) in [5.74, 6) is 0.520. The van der Waals surface area contributed by atoms with Crippen molar-refractivity contribution < 1.29 is 13.9 Å². The third-order valence-corrected chi connectivity index (χ3v) is 4.51. The van der Waals surface area contributed by atoms with Crippen LogP contribution in [0.25, 0.3) is 10.9 Å². The highest BCUT2D eigenvalue weighted by Gasteiger charge is 2.14. The Morgan fingerprint density at radius 2 is 2.22 bits per heavy atom. The Bertz CT molecular complexity index is 732. The molecule has 1 saturated heterocycles. The number of halogens is 2. The number of ether oxygens (including phenoxy) is 2. The van der Waals surface area contributed by atoms with Crippen LogP contribution in [0.4, 0.5) is 4.39 Å². The number of nitrogens with zero attached hydrogens (tertiary/aromatic N) is 1. The first kappa shape index (κ1) is 21.9. The smallest absolute Gasteiger partial charge is 0.191 e. The van der Waals surface area contributed by atoms with Gasteiger partial charge in [-0.3, -0.25) is 4.99 Å². The van der Waals surface area contributed by atoms with Crippen LogP contribution in [0.5, 0.6) is 0 Å². The molecule has 8 heteroatoms. The molecule has 0 aliphatic carbocycles. The lowest BCUT2D eigenvalue weighted by atomic mass is 10.1. The topological polar surface area (TPSA) is 70.7 Å². The van der Waals surface area contributed by atoms with Gasteiger partial charge in [0.05, 0.1) is 19.3 Å². The maximum atomic E-state index is 13.2. The van der Waals surface area contributed by atoms with Gasteiger partial charge >= 0.3 is 0 Å². The molecule has 0 saturated carbocycles. The number of nitrogens with one attached hydrogen (secondary N) is 3. The van der Waals surface area contributed by atoms with Crippen LogP contribution < -0.4 is 10.6 Å². The maximum absolute atomic E-state index is 13.2. The molecule has 1 aliphatic heterocycles. The summed E-state index contributed by atoms with van der Waals surface area (Å²) in [5.41, 5.74) is 1.98. The molecule has 6 nitrogen and oxygen atoms in total. The van der Waals surface area contributed by atoms with Crippen molar-refractivity contribution in [2.24, 2.45) is 4.99 Å². The normalized spacial score (nSPS) is 17.1. The highest BCUT2D eigenvalue weighted by Crippen LogP contribution is 2.19. The Morgan fingerprint density at radius 1 is 1.37 bits per heavy atom. The first-order chi connectivity index (χ1) is 12.8. The van der Waals surface area contributed by atoms with E-state index >= 15 is 0 Å². The van der Waals surface area contributed by atoms with E-state index in [-0.39, 0.29) is 35.9 Å². The van der Waals surface area contributed by atoms with E-state index in [0.717, 1.165) is 54.8 Å². The number of aromatic nitrogens is 1. The van der Waals surface area contributed by atoms with Gasteiger partial charge in [0.15, 0.2) is 5.96 Å². The minimum absolute atomic E-state index is 0. The molecule has 1 unspecified atom stereocenters. The van der Waals surface area contributed by atoms with Crippen molar-refractivity contribution in [1.29, 1.82) is 0 Å². The third-order valence-electron chi connectivity index (χ3n) is 4.51. The van der Waals surface area contributed by atoms with Gasteiger partial charge in [0.25, 0.3) is 0 Å². The van der Waals surface area contributed by atoms with Gasteiger partial charge in [-0.15, -0.1) is 24.0 Å². The van der Waals surface area contributed by atoms with Crippen molar-refractivity contribution in [3.05, 3.63) is 35.8 Å². The Balaban J connectivity index is 0.00000261. The van der Waals surface area contributed by atoms with Crippen molar-refractivity contribution in [2.75, 3.05) is 40.0 Å². The fraction of sp³-hybridized carbons (Fsp3) is 0.526. The summed E-state index contributed by atoms with van der Waals surface area (Å²) >= 11 is 0. The molecule has 0 amide bonds. The number of guanidine groups is 1. The van der Waals surface area contributed by atoms with Crippen LogP contribution in [0.3, 0.4) is 0 Å². The summed E-state index contributed by atoms with van der Waals surface area (Å²) < 4.78 is 24.4. The van der Waals surface area contributed by atoms with Crippen LogP contribution in [0, 0.1) is 5.82 Å². The molecular formula is C19H28FIN4O2. The van der Waals surface area contributed by atoms with E-state index in [1.807, 2.05) is 12.3 Å². The Hall–Kier alpha value is -1.39. The second kappa shape index (κ2) is 11.5. The number of rotatable bonds is 8. The molecule has 1 atom stereocenters. The molecule has 2 aromatic rings. The molecule has 0 spiro atoms. The van der Waals surface area contributed by atoms with Crippen molar-refractivity contribution in [3.8, 4) is 0 Å². The average Bonchev–Trinajstić information content (AvgIpc) is 3.29. The van der Waals surface area contributed by atoms with Gasteiger partial charge in [-0.25, -0.2) is 4.39 Å². The Morgan fingerprint density at radius 3 is 3.00 bits per heavy atom. The van der Waals surface area contributed by atoms with Crippen LogP contribution in [-0.4, -0.2) is 57.0 Å². The quantitative estimate of drug-likeness (QED) is 0.231. The molecule has 0 bridgehead atoms. The summed E-state index contributed by atoms with van der Waals surface area (Å²) in [4.78, 5) is 7.32. The molecule has 1 aromatic heterocycles. The minimum atomic E-state index is -0.227. The van der Waals surface area contributed by atoms with E-state index in [2.05, 4.69) is 20.6 Å². The van der Waals surface area contributed by atoms with E-state index in [1.165, 1.54) is 12.1 Å².